The quantitative estimate of drug-likeness (QED) is 0.691. The minimum atomic E-state index is -1.63. The number of rotatable bonds is 3. The molecule has 1 aromatic carbocycles. The van der Waals surface area contributed by atoms with Crippen molar-refractivity contribution in [3.63, 3.8) is 0 Å². The van der Waals surface area contributed by atoms with Crippen LogP contribution in [0.1, 0.15) is 23.5 Å². The SMILES string of the molecule is Cn1c(NC(=O)N2CCC(O)CC2)cnc1C(=O)Nc1cc(F)c(F)c(F)c1. The van der Waals surface area contributed by atoms with Gasteiger partial charge in [0.2, 0.25) is 5.82 Å². The van der Waals surface area contributed by atoms with Gasteiger partial charge in [-0.3, -0.25) is 10.1 Å². The molecule has 1 aromatic heterocycles. The van der Waals surface area contributed by atoms with E-state index in [1.807, 2.05) is 0 Å². The molecule has 1 saturated heterocycles. The second-order valence-electron chi connectivity index (χ2n) is 6.38. The number of piperidine rings is 1. The molecule has 0 bridgehead atoms. The number of aromatic nitrogens is 2. The lowest BCUT2D eigenvalue weighted by Crippen LogP contribution is -2.42. The Hall–Kier alpha value is -3.08. The zero-order chi connectivity index (χ0) is 20.4. The van der Waals surface area contributed by atoms with E-state index in [2.05, 4.69) is 15.6 Å². The molecule has 3 amide bonds. The molecule has 1 aliphatic rings. The molecule has 1 fully saturated rings. The lowest BCUT2D eigenvalue weighted by Gasteiger charge is -2.29. The second kappa shape index (κ2) is 7.89. The van der Waals surface area contributed by atoms with Gasteiger partial charge in [0.25, 0.3) is 5.91 Å². The number of hydrogen-bond donors (Lipinski definition) is 3. The fourth-order valence-corrected chi connectivity index (χ4v) is 2.81. The maximum atomic E-state index is 13.3. The van der Waals surface area contributed by atoms with Crippen LogP contribution in [0.15, 0.2) is 18.3 Å². The van der Waals surface area contributed by atoms with Crippen LogP contribution in [0, 0.1) is 17.5 Å². The van der Waals surface area contributed by atoms with Crippen LogP contribution in [-0.2, 0) is 7.05 Å². The largest absolute Gasteiger partial charge is 0.393 e. The Kier molecular flexibility index (Phi) is 5.54. The third-order valence-electron chi connectivity index (χ3n) is 4.42. The molecule has 11 heteroatoms. The molecule has 2 heterocycles. The average molecular weight is 397 g/mol. The first-order valence-electron chi connectivity index (χ1n) is 8.48. The number of anilines is 2. The predicted molar refractivity (Wildman–Crippen MR) is 93.3 cm³/mol. The summed E-state index contributed by atoms with van der Waals surface area (Å²) >= 11 is 0. The molecule has 150 valence electrons. The number of halogens is 3. The highest BCUT2D eigenvalue weighted by molar-refractivity contribution is 6.02. The second-order valence-corrected chi connectivity index (χ2v) is 6.38. The molecule has 0 saturated carbocycles. The van der Waals surface area contributed by atoms with Gasteiger partial charge >= 0.3 is 6.03 Å². The number of carbonyl (C=O) groups is 2. The molecule has 1 aliphatic heterocycles. The number of hydrogen-bond acceptors (Lipinski definition) is 4. The summed E-state index contributed by atoms with van der Waals surface area (Å²) in [5.41, 5.74) is -0.276. The van der Waals surface area contributed by atoms with Crippen molar-refractivity contribution in [1.29, 1.82) is 0 Å². The van der Waals surface area contributed by atoms with Crippen LogP contribution >= 0.6 is 0 Å². The van der Waals surface area contributed by atoms with Gasteiger partial charge in [-0.25, -0.2) is 22.9 Å². The number of amides is 3. The maximum absolute atomic E-state index is 13.3. The van der Waals surface area contributed by atoms with Crippen LogP contribution in [0.3, 0.4) is 0 Å². The molecule has 2 aromatic rings. The molecule has 28 heavy (non-hydrogen) atoms. The Morgan fingerprint density at radius 3 is 2.36 bits per heavy atom. The van der Waals surface area contributed by atoms with E-state index in [0.29, 0.717) is 38.1 Å². The number of nitrogens with one attached hydrogen (secondary N) is 2. The molecule has 0 atom stereocenters. The van der Waals surface area contributed by atoms with E-state index >= 15 is 0 Å². The Morgan fingerprint density at radius 1 is 1.14 bits per heavy atom. The first kappa shape index (κ1) is 19.7. The number of aliphatic hydroxyl groups is 1. The lowest BCUT2D eigenvalue weighted by molar-refractivity contribution is 0.0969. The average Bonchev–Trinajstić information content (AvgIpc) is 3.00. The fourth-order valence-electron chi connectivity index (χ4n) is 2.81. The van der Waals surface area contributed by atoms with Crippen LogP contribution in [0.2, 0.25) is 0 Å². The summed E-state index contributed by atoms with van der Waals surface area (Å²) in [5, 5.41) is 14.3. The minimum Gasteiger partial charge on any atom is -0.393 e. The zero-order valence-electron chi connectivity index (χ0n) is 14.9. The van der Waals surface area contributed by atoms with E-state index in [-0.39, 0.29) is 17.3 Å². The Bertz CT molecular complexity index is 886. The van der Waals surface area contributed by atoms with Gasteiger partial charge in [-0.1, -0.05) is 0 Å². The van der Waals surface area contributed by atoms with E-state index in [1.165, 1.54) is 22.7 Å². The molecule has 3 rings (SSSR count). The maximum Gasteiger partial charge on any atom is 0.323 e. The molecule has 3 N–H and O–H groups in total. The standard InChI is InChI=1S/C17H18F3N5O3/c1-24-13(23-17(28)25-4-2-10(26)3-5-25)8-21-15(24)16(27)22-9-6-11(18)14(20)12(19)7-9/h6-8,10,26H,2-5H2,1H3,(H,22,27)(H,23,28). The highest BCUT2D eigenvalue weighted by Crippen LogP contribution is 2.19. The summed E-state index contributed by atoms with van der Waals surface area (Å²) < 4.78 is 40.8. The fraction of sp³-hybridized carbons (Fsp3) is 0.353. The predicted octanol–water partition coefficient (Wildman–Crippen LogP) is 2.08. The van der Waals surface area contributed by atoms with Gasteiger partial charge in [0, 0.05) is 38.0 Å². The molecule has 8 nitrogen and oxygen atoms in total. The summed E-state index contributed by atoms with van der Waals surface area (Å²) in [5.74, 6) is -5.20. The summed E-state index contributed by atoms with van der Waals surface area (Å²) in [6, 6.07) is 0.893. The van der Waals surface area contributed by atoms with E-state index in [1.54, 1.807) is 0 Å². The lowest BCUT2D eigenvalue weighted by atomic mass is 10.1. The van der Waals surface area contributed by atoms with E-state index in [9.17, 15) is 27.9 Å². The monoisotopic (exact) mass is 397 g/mol. The van der Waals surface area contributed by atoms with Gasteiger partial charge in [0.1, 0.15) is 5.82 Å². The normalized spacial score (nSPS) is 14.8. The van der Waals surface area contributed by atoms with Crippen LogP contribution < -0.4 is 10.6 Å². The third-order valence-corrected chi connectivity index (χ3v) is 4.42. The highest BCUT2D eigenvalue weighted by atomic mass is 19.2. The van der Waals surface area contributed by atoms with Gasteiger partial charge in [0.15, 0.2) is 17.5 Å². The molecular weight excluding hydrogens is 379 g/mol. The van der Waals surface area contributed by atoms with E-state index in [0.717, 1.165) is 0 Å². The Morgan fingerprint density at radius 2 is 1.75 bits per heavy atom. The topological polar surface area (TPSA) is 99.5 Å². The van der Waals surface area contributed by atoms with Gasteiger partial charge in [-0.05, 0) is 12.8 Å². The molecule has 0 spiro atoms. The van der Waals surface area contributed by atoms with Crippen molar-refractivity contribution in [2.75, 3.05) is 23.7 Å². The molecule has 0 radical (unpaired) electrons. The summed E-state index contributed by atoms with van der Waals surface area (Å²) in [7, 11) is 1.48. The van der Waals surface area contributed by atoms with Gasteiger partial charge in [-0.2, -0.15) is 0 Å². The smallest absolute Gasteiger partial charge is 0.323 e. The number of benzene rings is 1. The number of likely N-dealkylation sites (tertiary alicyclic amines) is 1. The number of imidazole rings is 1. The van der Waals surface area contributed by atoms with Crippen molar-refractivity contribution >= 4 is 23.4 Å². The van der Waals surface area contributed by atoms with Crippen LogP contribution in [0.25, 0.3) is 0 Å². The Labute approximate surface area is 158 Å². The minimum absolute atomic E-state index is 0.130. The van der Waals surface area contributed by atoms with Crippen molar-refractivity contribution in [1.82, 2.24) is 14.5 Å². The van der Waals surface area contributed by atoms with Crippen molar-refractivity contribution < 1.29 is 27.9 Å². The van der Waals surface area contributed by atoms with E-state index in [4.69, 9.17) is 0 Å². The third kappa shape index (κ3) is 4.09. The first-order valence-corrected chi connectivity index (χ1v) is 8.48. The van der Waals surface area contributed by atoms with Crippen molar-refractivity contribution in [2.45, 2.75) is 18.9 Å². The first-order chi connectivity index (χ1) is 13.3. The van der Waals surface area contributed by atoms with Crippen LogP contribution in [0.5, 0.6) is 0 Å². The van der Waals surface area contributed by atoms with Crippen molar-refractivity contribution in [2.24, 2.45) is 7.05 Å². The zero-order valence-corrected chi connectivity index (χ0v) is 14.9. The number of carbonyl (C=O) groups excluding carboxylic acids is 2. The van der Waals surface area contributed by atoms with Gasteiger partial charge in [-0.15, -0.1) is 0 Å². The molecule has 0 aliphatic carbocycles. The summed E-state index contributed by atoms with van der Waals surface area (Å²) in [6.45, 7) is 0.805. The van der Waals surface area contributed by atoms with Crippen LogP contribution in [0.4, 0.5) is 29.5 Å². The van der Waals surface area contributed by atoms with E-state index < -0.39 is 35.5 Å². The number of urea groups is 1. The van der Waals surface area contributed by atoms with Gasteiger partial charge < -0.3 is 19.9 Å². The van der Waals surface area contributed by atoms with Gasteiger partial charge in [0.05, 0.1) is 12.3 Å². The molecule has 0 unspecified atom stereocenters. The number of nitrogens with zero attached hydrogens (tertiary/aromatic N) is 3. The summed E-state index contributed by atoms with van der Waals surface area (Å²) in [6.07, 6.45) is 1.81. The van der Waals surface area contributed by atoms with Crippen LogP contribution in [-0.4, -0.2) is 50.7 Å². The molecular formula is C17H18F3N5O3. The number of aliphatic hydroxyl groups excluding tert-OH is 1. The van der Waals surface area contributed by atoms with Crippen molar-refractivity contribution in [3.8, 4) is 0 Å². The summed E-state index contributed by atoms with van der Waals surface area (Å²) in [4.78, 5) is 30.0. The highest BCUT2D eigenvalue weighted by Gasteiger charge is 2.23. The Balaban J connectivity index is 1.68. The van der Waals surface area contributed by atoms with Crippen molar-refractivity contribution in [3.05, 3.63) is 41.6 Å².